The van der Waals surface area contributed by atoms with Crippen molar-refractivity contribution in [3.05, 3.63) is 68.7 Å². The van der Waals surface area contributed by atoms with Crippen LogP contribution >= 0.6 is 34.8 Å². The molecule has 2 aromatic carbocycles. The van der Waals surface area contributed by atoms with Crippen molar-refractivity contribution >= 4 is 46.6 Å². The number of hydrogen-bond donors (Lipinski definition) is 1. The van der Waals surface area contributed by atoms with Gasteiger partial charge in [0.15, 0.2) is 0 Å². The number of hydrogen-bond acceptors (Lipinski definition) is 2. The van der Waals surface area contributed by atoms with Gasteiger partial charge < -0.3 is 10.2 Å². The summed E-state index contributed by atoms with van der Waals surface area (Å²) in [6, 6.07) is 11.7. The second-order valence-corrected chi connectivity index (χ2v) is 8.08. The molecular weight excluding hydrogens is 431 g/mol. The quantitative estimate of drug-likeness (QED) is 0.506. The van der Waals surface area contributed by atoms with Crippen LogP contribution in [0.25, 0.3) is 0 Å². The summed E-state index contributed by atoms with van der Waals surface area (Å²) >= 11 is 18.3. The summed E-state index contributed by atoms with van der Waals surface area (Å²) in [5.74, 6) is -0.381. The van der Waals surface area contributed by atoms with Gasteiger partial charge in [0.25, 0.3) is 0 Å². The summed E-state index contributed by atoms with van der Waals surface area (Å²) in [4.78, 5) is 27.3. The van der Waals surface area contributed by atoms with Crippen molar-refractivity contribution in [3.8, 4) is 0 Å². The molecule has 2 rings (SSSR count). The first kappa shape index (κ1) is 23.5. The highest BCUT2D eigenvalue weighted by Crippen LogP contribution is 2.24. The van der Waals surface area contributed by atoms with Crippen molar-refractivity contribution in [2.75, 3.05) is 6.54 Å². The lowest BCUT2D eigenvalue weighted by Gasteiger charge is -2.29. The minimum Gasteiger partial charge on any atom is -0.354 e. The number of amides is 2. The third-order valence-electron chi connectivity index (χ3n) is 4.63. The van der Waals surface area contributed by atoms with Crippen LogP contribution < -0.4 is 5.32 Å². The fraction of sp³-hybridized carbons (Fsp3) is 0.364. The first-order valence-corrected chi connectivity index (χ1v) is 10.7. The van der Waals surface area contributed by atoms with Crippen LogP contribution in [0.15, 0.2) is 42.5 Å². The van der Waals surface area contributed by atoms with Crippen molar-refractivity contribution in [2.45, 2.75) is 45.7 Å². The Bertz CT molecular complexity index is 858. The standard InChI is InChI=1S/C22H25Cl3N2O2/c1-3-4-11-26-22(29)15(2)27(14-16-9-10-19(24)20(25)12-16)21(28)13-17-7-5-6-8-18(17)23/h5-10,12,15H,3-4,11,13-14H2,1-2H3,(H,26,29)/t15-/m0/s1. The van der Waals surface area contributed by atoms with Crippen LogP contribution in [-0.2, 0) is 22.6 Å². The molecule has 7 heteroatoms. The van der Waals surface area contributed by atoms with Crippen molar-refractivity contribution in [1.29, 1.82) is 0 Å². The topological polar surface area (TPSA) is 49.4 Å². The number of nitrogens with zero attached hydrogens (tertiary/aromatic N) is 1. The van der Waals surface area contributed by atoms with Gasteiger partial charge >= 0.3 is 0 Å². The Morgan fingerprint density at radius 2 is 1.76 bits per heavy atom. The van der Waals surface area contributed by atoms with Gasteiger partial charge in [0.2, 0.25) is 11.8 Å². The van der Waals surface area contributed by atoms with E-state index in [2.05, 4.69) is 12.2 Å². The van der Waals surface area contributed by atoms with E-state index in [1.54, 1.807) is 36.1 Å². The predicted octanol–water partition coefficient (Wildman–Crippen LogP) is 5.52. The molecule has 0 radical (unpaired) electrons. The lowest BCUT2D eigenvalue weighted by atomic mass is 10.1. The first-order chi connectivity index (χ1) is 13.8. The number of rotatable bonds is 9. The number of benzene rings is 2. The van der Waals surface area contributed by atoms with Gasteiger partial charge in [0.1, 0.15) is 6.04 Å². The maximum Gasteiger partial charge on any atom is 0.242 e. The van der Waals surface area contributed by atoms with Crippen molar-refractivity contribution in [3.63, 3.8) is 0 Å². The molecule has 2 aromatic rings. The fourth-order valence-corrected chi connectivity index (χ4v) is 3.38. The monoisotopic (exact) mass is 454 g/mol. The third-order valence-corrected chi connectivity index (χ3v) is 5.74. The molecule has 0 fully saturated rings. The average molecular weight is 456 g/mol. The van der Waals surface area contributed by atoms with E-state index in [0.717, 1.165) is 24.0 Å². The van der Waals surface area contributed by atoms with E-state index in [1.807, 2.05) is 18.2 Å². The zero-order valence-electron chi connectivity index (χ0n) is 16.6. The zero-order valence-corrected chi connectivity index (χ0v) is 18.8. The normalized spacial score (nSPS) is 11.8. The molecule has 29 heavy (non-hydrogen) atoms. The third kappa shape index (κ3) is 6.91. The van der Waals surface area contributed by atoms with Crippen LogP contribution in [0.1, 0.15) is 37.8 Å². The number of carbonyl (C=O) groups excluding carboxylic acids is 2. The van der Waals surface area contributed by atoms with Gasteiger partial charge in [-0.05, 0) is 42.7 Å². The number of carbonyl (C=O) groups is 2. The molecule has 4 nitrogen and oxygen atoms in total. The van der Waals surface area contributed by atoms with E-state index in [-0.39, 0.29) is 24.8 Å². The molecule has 0 spiro atoms. The molecule has 0 aromatic heterocycles. The Hall–Kier alpha value is -1.75. The van der Waals surface area contributed by atoms with Gasteiger partial charge in [-0.3, -0.25) is 9.59 Å². The van der Waals surface area contributed by atoms with E-state index in [4.69, 9.17) is 34.8 Å². The van der Waals surface area contributed by atoms with Crippen LogP contribution in [0.3, 0.4) is 0 Å². The molecule has 1 N–H and O–H groups in total. The maximum absolute atomic E-state index is 13.1. The second kappa shape index (κ2) is 11.4. The zero-order chi connectivity index (χ0) is 21.4. The fourth-order valence-electron chi connectivity index (χ4n) is 2.86. The van der Waals surface area contributed by atoms with E-state index in [1.165, 1.54) is 0 Å². The van der Waals surface area contributed by atoms with Gasteiger partial charge in [-0.25, -0.2) is 0 Å². The predicted molar refractivity (Wildman–Crippen MR) is 120 cm³/mol. The Labute approximate surface area is 187 Å². The van der Waals surface area contributed by atoms with Crippen LogP contribution in [0.4, 0.5) is 0 Å². The maximum atomic E-state index is 13.1. The smallest absolute Gasteiger partial charge is 0.242 e. The minimum atomic E-state index is -0.642. The summed E-state index contributed by atoms with van der Waals surface area (Å²) in [6.07, 6.45) is 1.97. The first-order valence-electron chi connectivity index (χ1n) is 9.58. The largest absolute Gasteiger partial charge is 0.354 e. The molecule has 0 aliphatic heterocycles. The summed E-state index contributed by atoms with van der Waals surface area (Å²) in [5.41, 5.74) is 1.51. The molecule has 156 valence electrons. The molecule has 2 amide bonds. The van der Waals surface area contributed by atoms with Crippen LogP contribution in [-0.4, -0.2) is 29.3 Å². The average Bonchev–Trinajstić information content (AvgIpc) is 2.70. The van der Waals surface area contributed by atoms with Gasteiger partial charge in [0, 0.05) is 18.1 Å². The van der Waals surface area contributed by atoms with Gasteiger partial charge in [0.05, 0.1) is 16.5 Å². The second-order valence-electron chi connectivity index (χ2n) is 6.86. The summed E-state index contributed by atoms with van der Waals surface area (Å²) in [6.45, 7) is 4.60. The Morgan fingerprint density at radius 1 is 1.03 bits per heavy atom. The van der Waals surface area contributed by atoms with Crippen molar-refractivity contribution in [1.82, 2.24) is 10.2 Å². The lowest BCUT2D eigenvalue weighted by Crippen LogP contribution is -2.48. The molecule has 0 saturated carbocycles. The number of nitrogens with one attached hydrogen (secondary N) is 1. The van der Waals surface area contributed by atoms with Crippen molar-refractivity contribution in [2.24, 2.45) is 0 Å². The van der Waals surface area contributed by atoms with Crippen LogP contribution in [0.2, 0.25) is 15.1 Å². The van der Waals surface area contributed by atoms with Crippen molar-refractivity contribution < 1.29 is 9.59 Å². The Morgan fingerprint density at radius 3 is 2.41 bits per heavy atom. The highest BCUT2D eigenvalue weighted by molar-refractivity contribution is 6.42. The minimum absolute atomic E-state index is 0.105. The van der Waals surface area contributed by atoms with E-state index < -0.39 is 6.04 Å². The lowest BCUT2D eigenvalue weighted by molar-refractivity contribution is -0.140. The molecular formula is C22H25Cl3N2O2. The van der Waals surface area contributed by atoms with Gasteiger partial charge in [-0.1, -0.05) is 72.4 Å². The van der Waals surface area contributed by atoms with E-state index >= 15 is 0 Å². The molecule has 1 atom stereocenters. The van der Waals surface area contributed by atoms with E-state index in [9.17, 15) is 9.59 Å². The Kier molecular flexibility index (Phi) is 9.28. The number of halogens is 3. The summed E-state index contributed by atoms with van der Waals surface area (Å²) in [7, 11) is 0. The Balaban J connectivity index is 2.23. The molecule has 0 aliphatic rings. The molecule has 0 unspecified atom stereocenters. The van der Waals surface area contributed by atoms with Gasteiger partial charge in [-0.15, -0.1) is 0 Å². The highest BCUT2D eigenvalue weighted by atomic mass is 35.5. The summed E-state index contributed by atoms with van der Waals surface area (Å²) < 4.78 is 0. The number of unbranched alkanes of at least 4 members (excludes halogenated alkanes) is 1. The van der Waals surface area contributed by atoms with E-state index in [0.29, 0.717) is 21.6 Å². The SMILES string of the molecule is CCCCNC(=O)[C@H](C)N(Cc1ccc(Cl)c(Cl)c1)C(=O)Cc1ccccc1Cl. The molecule has 0 aliphatic carbocycles. The molecule has 0 bridgehead atoms. The van der Waals surface area contributed by atoms with Crippen LogP contribution in [0, 0.1) is 0 Å². The van der Waals surface area contributed by atoms with Gasteiger partial charge in [-0.2, -0.15) is 0 Å². The summed E-state index contributed by atoms with van der Waals surface area (Å²) in [5, 5.41) is 4.26. The van der Waals surface area contributed by atoms with Crippen LogP contribution in [0.5, 0.6) is 0 Å². The highest BCUT2D eigenvalue weighted by Gasteiger charge is 2.26. The molecule has 0 saturated heterocycles. The molecule has 0 heterocycles.